The topological polar surface area (TPSA) is 46.5 Å². The molecule has 1 N–H and O–H groups in total. The highest BCUT2D eigenvalue weighted by Gasteiger charge is 2.26. The molecule has 0 saturated heterocycles. The maximum absolute atomic E-state index is 12.8. The number of rotatable bonds is 6. The highest BCUT2D eigenvalue weighted by molar-refractivity contribution is 6.32. The quantitative estimate of drug-likeness (QED) is 0.804. The van der Waals surface area contributed by atoms with E-state index in [1.807, 2.05) is 0 Å². The van der Waals surface area contributed by atoms with Gasteiger partial charge in [-0.3, -0.25) is 4.79 Å². The molecule has 0 fully saturated rings. The normalized spacial score (nSPS) is 11.3. The van der Waals surface area contributed by atoms with Crippen LogP contribution in [0.5, 0.6) is 5.75 Å². The van der Waals surface area contributed by atoms with E-state index in [1.54, 1.807) is 13.8 Å². The first-order valence-electron chi connectivity index (χ1n) is 5.64. The van der Waals surface area contributed by atoms with Crippen molar-refractivity contribution in [2.45, 2.75) is 26.7 Å². The van der Waals surface area contributed by atoms with Gasteiger partial charge in [-0.15, -0.1) is 0 Å². The number of ether oxygens (including phenoxy) is 1. The molecule has 0 heterocycles. The minimum Gasteiger partial charge on any atom is -0.492 e. The fourth-order valence-corrected chi connectivity index (χ4v) is 1.62. The Kier molecular flexibility index (Phi) is 4.96. The van der Waals surface area contributed by atoms with Crippen LogP contribution >= 0.6 is 11.6 Å². The Hall–Kier alpha value is -1.29. The van der Waals surface area contributed by atoms with Crippen LogP contribution in [0, 0.1) is 11.2 Å². The van der Waals surface area contributed by atoms with Crippen molar-refractivity contribution < 1.29 is 19.0 Å². The van der Waals surface area contributed by atoms with Crippen molar-refractivity contribution in [3.63, 3.8) is 0 Å². The van der Waals surface area contributed by atoms with Gasteiger partial charge in [0.05, 0.1) is 17.0 Å². The summed E-state index contributed by atoms with van der Waals surface area (Å²) in [6, 6.07) is 3.90. The summed E-state index contributed by atoms with van der Waals surface area (Å²) in [5.74, 6) is -0.840. The van der Waals surface area contributed by atoms with Crippen LogP contribution in [0.1, 0.15) is 26.7 Å². The number of carboxylic acids is 1. The molecule has 3 nitrogen and oxygen atoms in total. The lowest BCUT2D eigenvalue weighted by atomic mass is 9.88. The lowest BCUT2D eigenvalue weighted by molar-refractivity contribution is -0.147. The van der Waals surface area contributed by atoms with Gasteiger partial charge >= 0.3 is 5.97 Å². The largest absolute Gasteiger partial charge is 0.492 e. The average Bonchev–Trinajstić information content (AvgIpc) is 2.26. The van der Waals surface area contributed by atoms with Crippen molar-refractivity contribution in [1.29, 1.82) is 0 Å². The number of hydrogen-bond donors (Lipinski definition) is 1. The second kappa shape index (κ2) is 6.05. The van der Waals surface area contributed by atoms with E-state index in [2.05, 4.69) is 0 Å². The molecule has 0 aliphatic carbocycles. The van der Waals surface area contributed by atoms with Gasteiger partial charge in [0.15, 0.2) is 0 Å². The molecule has 0 saturated carbocycles. The van der Waals surface area contributed by atoms with E-state index in [9.17, 15) is 9.18 Å². The van der Waals surface area contributed by atoms with Crippen LogP contribution in [0.25, 0.3) is 0 Å². The van der Waals surface area contributed by atoms with E-state index in [4.69, 9.17) is 21.4 Å². The second-order valence-corrected chi connectivity index (χ2v) is 5.12. The SMILES string of the molecule is CC(C)(CCCOc1ccc(F)cc1Cl)C(=O)O. The van der Waals surface area contributed by atoms with Crippen LogP contribution < -0.4 is 4.74 Å². The Morgan fingerprint density at radius 3 is 2.72 bits per heavy atom. The van der Waals surface area contributed by atoms with Crippen LogP contribution in [0.4, 0.5) is 4.39 Å². The molecule has 18 heavy (non-hydrogen) atoms. The van der Waals surface area contributed by atoms with E-state index in [1.165, 1.54) is 18.2 Å². The van der Waals surface area contributed by atoms with Crippen molar-refractivity contribution in [3.8, 4) is 5.75 Å². The first-order chi connectivity index (χ1) is 8.33. The van der Waals surface area contributed by atoms with Crippen LogP contribution in [-0.2, 0) is 4.79 Å². The zero-order valence-corrected chi connectivity index (χ0v) is 11.1. The molecule has 1 aromatic rings. The maximum Gasteiger partial charge on any atom is 0.309 e. The zero-order chi connectivity index (χ0) is 13.8. The Morgan fingerprint density at radius 2 is 2.17 bits per heavy atom. The summed E-state index contributed by atoms with van der Waals surface area (Å²) in [6.07, 6.45) is 1.09. The van der Waals surface area contributed by atoms with Crippen molar-refractivity contribution in [3.05, 3.63) is 29.0 Å². The molecular weight excluding hydrogens is 259 g/mol. The van der Waals surface area contributed by atoms with Gasteiger partial charge in [-0.1, -0.05) is 11.6 Å². The molecule has 0 aliphatic rings. The van der Waals surface area contributed by atoms with Gasteiger partial charge in [-0.2, -0.15) is 0 Å². The van der Waals surface area contributed by atoms with Crippen molar-refractivity contribution >= 4 is 17.6 Å². The van der Waals surface area contributed by atoms with Gasteiger partial charge in [0, 0.05) is 0 Å². The third-order valence-corrected chi connectivity index (χ3v) is 2.97. The molecule has 0 aliphatic heterocycles. The number of aliphatic carboxylic acids is 1. The molecular formula is C13H16ClFO3. The molecule has 0 amide bonds. The van der Waals surface area contributed by atoms with Crippen LogP contribution in [-0.4, -0.2) is 17.7 Å². The van der Waals surface area contributed by atoms with Gasteiger partial charge in [-0.05, 0) is 44.9 Å². The van der Waals surface area contributed by atoms with Gasteiger partial charge < -0.3 is 9.84 Å². The minimum atomic E-state index is -0.831. The molecule has 1 rings (SSSR count). The molecule has 0 aromatic heterocycles. The Balaban J connectivity index is 2.41. The predicted molar refractivity (Wildman–Crippen MR) is 67.6 cm³/mol. The number of hydrogen-bond acceptors (Lipinski definition) is 2. The molecule has 0 spiro atoms. The summed E-state index contributed by atoms with van der Waals surface area (Å²) in [7, 11) is 0. The lowest BCUT2D eigenvalue weighted by Gasteiger charge is -2.18. The van der Waals surface area contributed by atoms with E-state index in [0.717, 1.165) is 0 Å². The first kappa shape index (κ1) is 14.8. The van der Waals surface area contributed by atoms with Crippen LogP contribution in [0.15, 0.2) is 18.2 Å². The smallest absolute Gasteiger partial charge is 0.309 e. The van der Waals surface area contributed by atoms with E-state index in [-0.39, 0.29) is 5.02 Å². The molecule has 0 radical (unpaired) electrons. The van der Waals surface area contributed by atoms with E-state index in [0.29, 0.717) is 25.2 Å². The molecule has 0 unspecified atom stereocenters. The monoisotopic (exact) mass is 274 g/mol. The molecule has 0 bridgehead atoms. The summed E-state index contributed by atoms with van der Waals surface area (Å²) >= 11 is 5.79. The third kappa shape index (κ3) is 4.18. The van der Waals surface area contributed by atoms with Crippen molar-refractivity contribution in [2.75, 3.05) is 6.61 Å². The summed E-state index contributed by atoms with van der Waals surface area (Å²) in [4.78, 5) is 10.9. The average molecular weight is 275 g/mol. The number of halogens is 2. The summed E-state index contributed by atoms with van der Waals surface area (Å²) < 4.78 is 18.2. The van der Waals surface area contributed by atoms with Gasteiger partial charge in [0.25, 0.3) is 0 Å². The highest BCUT2D eigenvalue weighted by Crippen LogP contribution is 2.26. The number of carbonyl (C=O) groups is 1. The van der Waals surface area contributed by atoms with E-state index >= 15 is 0 Å². The lowest BCUT2D eigenvalue weighted by Crippen LogP contribution is -2.24. The Labute approximate surface area is 111 Å². The summed E-state index contributed by atoms with van der Waals surface area (Å²) in [6.45, 7) is 3.68. The molecule has 0 atom stereocenters. The summed E-state index contributed by atoms with van der Waals surface area (Å²) in [5.41, 5.74) is -0.768. The maximum atomic E-state index is 12.8. The molecule has 5 heteroatoms. The predicted octanol–water partition coefficient (Wildman–Crippen LogP) is 3.75. The Morgan fingerprint density at radius 1 is 1.50 bits per heavy atom. The number of benzene rings is 1. The van der Waals surface area contributed by atoms with E-state index < -0.39 is 17.2 Å². The Bertz CT molecular complexity index is 432. The molecule has 100 valence electrons. The fourth-order valence-electron chi connectivity index (χ4n) is 1.40. The van der Waals surface area contributed by atoms with Crippen molar-refractivity contribution in [2.24, 2.45) is 5.41 Å². The highest BCUT2D eigenvalue weighted by atomic mass is 35.5. The first-order valence-corrected chi connectivity index (χ1v) is 6.02. The van der Waals surface area contributed by atoms with Crippen LogP contribution in [0.3, 0.4) is 0 Å². The van der Waals surface area contributed by atoms with Gasteiger partial charge in [-0.25, -0.2) is 4.39 Å². The minimum absolute atomic E-state index is 0.215. The standard InChI is InChI=1S/C13H16ClFO3/c1-13(2,12(16)17)6-3-7-18-11-5-4-9(15)8-10(11)14/h4-5,8H,3,6-7H2,1-2H3,(H,16,17). The second-order valence-electron chi connectivity index (χ2n) is 4.72. The van der Waals surface area contributed by atoms with Gasteiger partial charge in [0.2, 0.25) is 0 Å². The van der Waals surface area contributed by atoms with Crippen LogP contribution in [0.2, 0.25) is 5.02 Å². The number of carboxylic acid groups (broad SMARTS) is 1. The third-order valence-electron chi connectivity index (χ3n) is 2.68. The molecule has 1 aromatic carbocycles. The van der Waals surface area contributed by atoms with Gasteiger partial charge in [0.1, 0.15) is 11.6 Å². The fraction of sp³-hybridized carbons (Fsp3) is 0.462. The zero-order valence-electron chi connectivity index (χ0n) is 10.4. The van der Waals surface area contributed by atoms with Crippen molar-refractivity contribution in [1.82, 2.24) is 0 Å². The summed E-state index contributed by atoms with van der Waals surface area (Å²) in [5, 5.41) is 9.14.